The Morgan fingerprint density at radius 3 is 1.35 bits per heavy atom. The molecule has 0 atom stereocenters. The minimum Gasteiger partial charge on any atom is -0.0622 e. The minimum atomic E-state index is 1.23. The van der Waals surface area contributed by atoms with E-state index in [-0.39, 0.29) is 0 Å². The third-order valence-electron chi connectivity index (χ3n) is 11.7. The van der Waals surface area contributed by atoms with Crippen LogP contribution in [0.1, 0.15) is 0 Å². The molecule has 0 spiro atoms. The van der Waals surface area contributed by atoms with Crippen LogP contribution in [0.2, 0.25) is 0 Å². The zero-order chi connectivity index (χ0) is 33.9. The van der Waals surface area contributed by atoms with Crippen LogP contribution in [-0.2, 0) is 0 Å². The lowest BCUT2D eigenvalue weighted by Crippen LogP contribution is -1.95. The largest absolute Gasteiger partial charge is 0.0622 e. The Labute approximate surface area is 301 Å². The topological polar surface area (TPSA) is 0 Å². The molecule has 0 fully saturated rings. The smallest absolute Gasteiger partial charge is 0.000718 e. The molecule has 0 heteroatoms. The molecule has 0 radical (unpaired) electrons. The monoisotopic (exact) mass is 654 g/mol. The fraction of sp³-hybridized carbons (Fsp3) is 0. The maximum absolute atomic E-state index is 2.43. The van der Waals surface area contributed by atoms with Crippen LogP contribution in [0.25, 0.3) is 120 Å². The normalized spacial score (nSPS) is 12.2. The fourth-order valence-electron chi connectivity index (χ4n) is 9.70. The summed E-state index contributed by atoms with van der Waals surface area (Å²) in [6.07, 6.45) is 0. The number of hydrogen-bond donors (Lipinski definition) is 0. The second kappa shape index (κ2) is 10.4. The summed E-state index contributed by atoms with van der Waals surface area (Å²) in [4.78, 5) is 0. The first-order valence-corrected chi connectivity index (χ1v) is 18.2. The van der Waals surface area contributed by atoms with Crippen LogP contribution in [0.3, 0.4) is 0 Å². The second-order valence-corrected chi connectivity index (χ2v) is 14.3. The van der Waals surface area contributed by atoms with Crippen molar-refractivity contribution in [1.82, 2.24) is 0 Å². The Morgan fingerprint density at radius 1 is 0.192 bits per heavy atom. The first-order valence-electron chi connectivity index (χ1n) is 18.2. The van der Waals surface area contributed by atoms with Crippen molar-refractivity contribution < 1.29 is 0 Å². The molecule has 238 valence electrons. The van der Waals surface area contributed by atoms with Gasteiger partial charge in [0.2, 0.25) is 0 Å². The molecule has 1 aliphatic carbocycles. The molecule has 0 bridgehead atoms. The van der Waals surface area contributed by atoms with E-state index < -0.39 is 0 Å². The molecular formula is C52H30. The molecule has 0 amide bonds. The fourth-order valence-corrected chi connectivity index (χ4v) is 9.70. The van der Waals surface area contributed by atoms with Crippen molar-refractivity contribution in [3.8, 4) is 55.6 Å². The minimum absolute atomic E-state index is 1.23. The van der Waals surface area contributed by atoms with E-state index in [4.69, 9.17) is 0 Å². The maximum Gasteiger partial charge on any atom is -0.000718 e. The van der Waals surface area contributed by atoms with Gasteiger partial charge < -0.3 is 0 Å². The predicted octanol–water partition coefficient (Wildman–Crippen LogP) is 14.7. The van der Waals surface area contributed by atoms with Crippen LogP contribution >= 0.6 is 0 Å². The zero-order valence-electron chi connectivity index (χ0n) is 28.3. The van der Waals surface area contributed by atoms with Gasteiger partial charge in [-0.2, -0.15) is 0 Å². The van der Waals surface area contributed by atoms with E-state index in [9.17, 15) is 0 Å². The van der Waals surface area contributed by atoms with Crippen molar-refractivity contribution >= 4 is 64.6 Å². The predicted molar refractivity (Wildman–Crippen MR) is 223 cm³/mol. The summed E-state index contributed by atoms with van der Waals surface area (Å²) < 4.78 is 0. The number of rotatable bonds is 3. The van der Waals surface area contributed by atoms with Gasteiger partial charge in [0.05, 0.1) is 0 Å². The Bertz CT molecular complexity index is 3220. The Morgan fingerprint density at radius 2 is 0.654 bits per heavy atom. The summed E-state index contributed by atoms with van der Waals surface area (Å²) in [7, 11) is 0. The second-order valence-electron chi connectivity index (χ2n) is 14.3. The molecule has 0 N–H and O–H groups in total. The van der Waals surface area contributed by atoms with E-state index in [1.54, 1.807) is 0 Å². The maximum atomic E-state index is 2.43. The average molecular weight is 655 g/mol. The van der Waals surface area contributed by atoms with Gasteiger partial charge in [-0.15, -0.1) is 0 Å². The van der Waals surface area contributed by atoms with Gasteiger partial charge in [0.15, 0.2) is 0 Å². The summed E-state index contributed by atoms with van der Waals surface area (Å²) in [6.45, 7) is 0. The van der Waals surface area contributed by atoms with Crippen LogP contribution in [0.15, 0.2) is 182 Å². The lowest BCUT2D eigenvalue weighted by atomic mass is 9.80. The standard InChI is InChI=1S/C52H30/c1-2-13-31(14-3-1)34-20-6-7-21-36(34)48-40-22-8-9-23-41(40)49(37-24-10-16-32-15-4-5-19-35(32)37)52-45-30-28-43-39-26-12-18-33-17-11-25-38(46(33)39)42-27-29-44(51(48)52)50(45)47(42)43/h1-30H. The van der Waals surface area contributed by atoms with Gasteiger partial charge in [0.25, 0.3) is 0 Å². The van der Waals surface area contributed by atoms with Crippen molar-refractivity contribution in [2.24, 2.45) is 0 Å². The third kappa shape index (κ3) is 3.61. The van der Waals surface area contributed by atoms with Crippen LogP contribution in [0.4, 0.5) is 0 Å². The summed E-state index contributed by atoms with van der Waals surface area (Å²) in [5.41, 5.74) is 13.0. The van der Waals surface area contributed by atoms with Crippen molar-refractivity contribution in [1.29, 1.82) is 0 Å². The Hall–Kier alpha value is -6.76. The highest BCUT2D eigenvalue weighted by Crippen LogP contribution is 2.60. The number of benzene rings is 11. The molecule has 12 rings (SSSR count). The van der Waals surface area contributed by atoms with Crippen molar-refractivity contribution in [3.05, 3.63) is 182 Å². The van der Waals surface area contributed by atoms with Crippen molar-refractivity contribution in [2.75, 3.05) is 0 Å². The molecule has 0 nitrogen and oxygen atoms in total. The summed E-state index contributed by atoms with van der Waals surface area (Å²) in [6, 6.07) is 67.9. The summed E-state index contributed by atoms with van der Waals surface area (Å²) in [5, 5.41) is 15.8. The first kappa shape index (κ1) is 28.0. The molecule has 0 aromatic heterocycles. The average Bonchev–Trinajstić information content (AvgIpc) is 3.55. The van der Waals surface area contributed by atoms with E-state index in [1.807, 2.05) is 0 Å². The van der Waals surface area contributed by atoms with E-state index in [1.165, 1.54) is 120 Å². The van der Waals surface area contributed by atoms with E-state index >= 15 is 0 Å². The summed E-state index contributed by atoms with van der Waals surface area (Å²) in [5.74, 6) is 0. The molecule has 0 unspecified atom stereocenters. The number of hydrogen-bond acceptors (Lipinski definition) is 0. The molecule has 52 heavy (non-hydrogen) atoms. The van der Waals surface area contributed by atoms with Crippen LogP contribution in [-0.4, -0.2) is 0 Å². The SMILES string of the molecule is c1ccc(-c2ccccc2-c2c3c(c(-c4cccc5ccccc45)c4ccccc24)-c2ccc4c5cccc6cccc(c7ccc-3c2c74)c65)cc1. The molecule has 0 heterocycles. The van der Waals surface area contributed by atoms with Gasteiger partial charge in [0, 0.05) is 0 Å². The van der Waals surface area contributed by atoms with E-state index in [0.29, 0.717) is 0 Å². The van der Waals surface area contributed by atoms with Crippen LogP contribution in [0, 0.1) is 0 Å². The lowest BCUT2D eigenvalue weighted by molar-refractivity contribution is 1.59. The van der Waals surface area contributed by atoms with Gasteiger partial charge in [-0.25, -0.2) is 0 Å². The van der Waals surface area contributed by atoms with E-state index in [0.717, 1.165) is 0 Å². The third-order valence-corrected chi connectivity index (χ3v) is 11.7. The molecule has 1 aliphatic rings. The molecule has 11 aromatic carbocycles. The highest BCUT2D eigenvalue weighted by Gasteiger charge is 2.33. The first-order chi connectivity index (χ1) is 25.8. The molecule has 0 saturated heterocycles. The number of fused-ring (bicyclic) bond motifs is 7. The Kier molecular flexibility index (Phi) is 5.59. The molecular weight excluding hydrogens is 625 g/mol. The summed E-state index contributed by atoms with van der Waals surface area (Å²) >= 11 is 0. The Balaban J connectivity index is 1.32. The van der Waals surface area contributed by atoms with Crippen molar-refractivity contribution in [3.63, 3.8) is 0 Å². The van der Waals surface area contributed by atoms with Gasteiger partial charge in [0.1, 0.15) is 0 Å². The quantitative estimate of drug-likeness (QED) is 0.131. The van der Waals surface area contributed by atoms with Crippen LogP contribution < -0.4 is 0 Å². The van der Waals surface area contributed by atoms with Crippen molar-refractivity contribution in [2.45, 2.75) is 0 Å². The molecule has 0 saturated carbocycles. The highest BCUT2D eigenvalue weighted by molar-refractivity contribution is 6.39. The van der Waals surface area contributed by atoms with Gasteiger partial charge >= 0.3 is 0 Å². The lowest BCUT2D eigenvalue weighted by Gasteiger charge is -2.22. The van der Waals surface area contributed by atoms with Gasteiger partial charge in [-0.1, -0.05) is 182 Å². The van der Waals surface area contributed by atoms with Gasteiger partial charge in [-0.05, 0) is 120 Å². The zero-order valence-corrected chi connectivity index (χ0v) is 28.3. The molecule has 0 aliphatic heterocycles. The highest BCUT2D eigenvalue weighted by atomic mass is 14.3. The molecule has 11 aromatic rings. The van der Waals surface area contributed by atoms with Gasteiger partial charge in [-0.3, -0.25) is 0 Å². The van der Waals surface area contributed by atoms with Crippen LogP contribution in [0.5, 0.6) is 0 Å². The van der Waals surface area contributed by atoms with E-state index in [2.05, 4.69) is 182 Å².